The fraction of sp³-hybridized carbons (Fsp3) is 0.680. The van der Waals surface area contributed by atoms with Crippen LogP contribution in [0.25, 0.3) is 0 Å². The van der Waals surface area contributed by atoms with Crippen molar-refractivity contribution in [3.8, 4) is 0 Å². The van der Waals surface area contributed by atoms with Crippen molar-refractivity contribution < 1.29 is 23.6 Å². The number of carbonyl (C=O) groups excluding carboxylic acids is 2. The molecule has 4 atom stereocenters. The molecule has 0 spiro atoms. The Hall–Kier alpha value is -1.72. The van der Waals surface area contributed by atoms with Crippen molar-refractivity contribution in [1.29, 1.82) is 0 Å². The van der Waals surface area contributed by atoms with Crippen LogP contribution in [0.15, 0.2) is 29.2 Å². The Kier molecular flexibility index (Phi) is 11.4. The number of piperidine rings is 3. The Labute approximate surface area is 221 Å². The van der Waals surface area contributed by atoms with E-state index >= 15 is 0 Å². The Balaban J connectivity index is 0.000000205. The van der Waals surface area contributed by atoms with E-state index in [4.69, 9.17) is 17.3 Å². The fourth-order valence-electron chi connectivity index (χ4n) is 5.12. The first-order valence-corrected chi connectivity index (χ1v) is 14.3. The van der Waals surface area contributed by atoms with Crippen molar-refractivity contribution in [2.75, 3.05) is 39.8 Å². The lowest BCUT2D eigenvalue weighted by Crippen LogP contribution is -2.53. The molecular weight excluding hydrogens is 504 g/mol. The summed E-state index contributed by atoms with van der Waals surface area (Å²) in [6.07, 6.45) is 6.89. The average molecular weight is 543 g/mol. The number of nitrogens with zero attached hydrogens (tertiary/aromatic N) is 3. The number of hydrogen-bond acceptors (Lipinski definition) is 6. The second kappa shape index (κ2) is 14.3. The van der Waals surface area contributed by atoms with Crippen LogP contribution in [0.4, 0.5) is 4.79 Å². The highest BCUT2D eigenvalue weighted by Gasteiger charge is 2.33. The van der Waals surface area contributed by atoms with Crippen molar-refractivity contribution in [2.45, 2.75) is 68.8 Å². The summed E-state index contributed by atoms with van der Waals surface area (Å²) in [5, 5.41) is 0.687. The van der Waals surface area contributed by atoms with E-state index in [0.29, 0.717) is 30.7 Å². The molecular formula is C25H39ClN4O5S. The van der Waals surface area contributed by atoms with Crippen LogP contribution in [0.3, 0.4) is 0 Å². The van der Waals surface area contributed by atoms with Gasteiger partial charge in [-0.15, -0.1) is 0 Å². The summed E-state index contributed by atoms with van der Waals surface area (Å²) in [4.78, 5) is 36.8. The average Bonchev–Trinajstić information content (AvgIpc) is 2.90. The summed E-state index contributed by atoms with van der Waals surface area (Å²) in [6.45, 7) is 6.04. The molecule has 1 aromatic carbocycles. The number of nitrogens with two attached hydrogens (primary N) is 1. The van der Waals surface area contributed by atoms with Gasteiger partial charge in [0.2, 0.25) is 5.91 Å². The van der Waals surface area contributed by atoms with Crippen molar-refractivity contribution in [2.24, 2.45) is 11.7 Å². The standard InChI is InChI=1S/C13H23N3O4.C12H16ClNOS/c1-19-20-13(18)16-7-3-5-11(9-16)15-6-2-4-10(8-15)12(14)17;1-10-4-2-3-9-14(10)16(15)12-7-5-11(13)6-8-12/h10-11H,2-9H2,1H3,(H2,14,17);5-8,10H,2-4,9H2,1H3/t;10-,16?/m.1/s1. The number of halogens is 1. The number of primary amides is 1. The first kappa shape index (κ1) is 28.8. The number of amides is 2. The predicted octanol–water partition coefficient (Wildman–Crippen LogP) is 3.58. The van der Waals surface area contributed by atoms with Crippen LogP contribution in [0.5, 0.6) is 0 Å². The van der Waals surface area contributed by atoms with Gasteiger partial charge in [-0.3, -0.25) is 14.6 Å². The van der Waals surface area contributed by atoms with E-state index in [1.165, 1.54) is 13.5 Å². The fourth-order valence-corrected chi connectivity index (χ4v) is 6.61. The van der Waals surface area contributed by atoms with Gasteiger partial charge in [0.15, 0.2) is 0 Å². The lowest BCUT2D eigenvalue weighted by molar-refractivity contribution is -0.222. The SMILES string of the molecule is COOC(=O)N1CCCC(N2CCCC(C(N)=O)C2)C1.C[C@@H]1CCCCN1S(=O)c1ccc(Cl)cc1. The number of rotatable bonds is 5. The van der Waals surface area contributed by atoms with Crippen LogP contribution < -0.4 is 5.73 Å². The minimum absolute atomic E-state index is 0.0648. The second-order valence-corrected chi connectivity index (χ2v) is 11.6. The monoisotopic (exact) mass is 542 g/mol. The molecule has 202 valence electrons. The van der Waals surface area contributed by atoms with E-state index < -0.39 is 17.1 Å². The maximum absolute atomic E-state index is 12.3. The third-order valence-corrected chi connectivity index (χ3v) is 9.05. The largest absolute Gasteiger partial charge is 0.441 e. The highest BCUT2D eigenvalue weighted by Crippen LogP contribution is 2.24. The van der Waals surface area contributed by atoms with E-state index in [2.05, 4.69) is 25.9 Å². The molecule has 3 fully saturated rings. The number of benzene rings is 1. The van der Waals surface area contributed by atoms with Gasteiger partial charge < -0.3 is 10.6 Å². The van der Waals surface area contributed by atoms with Crippen LogP contribution >= 0.6 is 11.6 Å². The number of hydrogen-bond donors (Lipinski definition) is 1. The smallest absolute Gasteiger partial charge is 0.369 e. The van der Waals surface area contributed by atoms with Gasteiger partial charge in [0.1, 0.15) is 11.0 Å². The Morgan fingerprint density at radius 3 is 2.39 bits per heavy atom. The zero-order chi connectivity index (χ0) is 26.1. The van der Waals surface area contributed by atoms with Gasteiger partial charge in [-0.1, -0.05) is 18.0 Å². The van der Waals surface area contributed by atoms with Gasteiger partial charge in [0.25, 0.3) is 0 Å². The lowest BCUT2D eigenvalue weighted by atomic mass is 9.94. The molecule has 2 N–H and O–H groups in total. The van der Waals surface area contributed by atoms with Gasteiger partial charge in [0, 0.05) is 43.3 Å². The maximum atomic E-state index is 12.3. The molecule has 36 heavy (non-hydrogen) atoms. The molecule has 0 bridgehead atoms. The third-order valence-electron chi connectivity index (χ3n) is 7.15. The van der Waals surface area contributed by atoms with Crippen molar-refractivity contribution in [3.05, 3.63) is 29.3 Å². The molecule has 2 amide bonds. The molecule has 0 aliphatic carbocycles. The summed E-state index contributed by atoms with van der Waals surface area (Å²) < 4.78 is 14.4. The topological polar surface area (TPSA) is 105 Å². The Morgan fingerprint density at radius 2 is 1.72 bits per heavy atom. The molecule has 0 radical (unpaired) electrons. The van der Waals surface area contributed by atoms with Gasteiger partial charge in [-0.05, 0) is 76.3 Å². The summed E-state index contributed by atoms with van der Waals surface area (Å²) >= 11 is 5.82. The van der Waals surface area contributed by atoms with E-state index in [0.717, 1.165) is 56.5 Å². The van der Waals surface area contributed by atoms with Crippen molar-refractivity contribution >= 4 is 34.6 Å². The molecule has 9 nitrogen and oxygen atoms in total. The normalized spacial score (nSPS) is 26.4. The van der Waals surface area contributed by atoms with Crippen LogP contribution in [-0.4, -0.2) is 82.2 Å². The molecule has 0 aromatic heterocycles. The minimum atomic E-state index is -1.03. The highest BCUT2D eigenvalue weighted by atomic mass is 35.5. The molecule has 3 aliphatic heterocycles. The van der Waals surface area contributed by atoms with Crippen molar-refractivity contribution in [1.82, 2.24) is 14.1 Å². The van der Waals surface area contributed by atoms with E-state index in [1.807, 2.05) is 12.1 Å². The quantitative estimate of drug-likeness (QED) is 0.450. The van der Waals surface area contributed by atoms with Gasteiger partial charge >= 0.3 is 6.09 Å². The van der Waals surface area contributed by atoms with Crippen LogP contribution in [0.2, 0.25) is 5.02 Å². The number of likely N-dealkylation sites (tertiary alicyclic amines) is 2. The number of carbonyl (C=O) groups is 2. The van der Waals surface area contributed by atoms with E-state index in [-0.39, 0.29) is 17.9 Å². The predicted molar refractivity (Wildman–Crippen MR) is 139 cm³/mol. The van der Waals surface area contributed by atoms with Gasteiger partial charge in [-0.25, -0.2) is 13.3 Å². The molecule has 3 unspecified atom stereocenters. The summed E-state index contributed by atoms with van der Waals surface area (Å²) in [6, 6.07) is 7.97. The first-order chi connectivity index (χ1) is 17.3. The molecule has 0 saturated carbocycles. The first-order valence-electron chi connectivity index (χ1n) is 12.8. The van der Waals surface area contributed by atoms with E-state index in [9.17, 15) is 13.8 Å². The third kappa shape index (κ3) is 8.14. The zero-order valence-corrected chi connectivity index (χ0v) is 22.8. The van der Waals surface area contributed by atoms with Crippen LogP contribution in [-0.2, 0) is 25.6 Å². The lowest BCUT2D eigenvalue weighted by Gasteiger charge is -2.41. The van der Waals surface area contributed by atoms with Crippen LogP contribution in [0.1, 0.15) is 51.9 Å². The molecule has 3 heterocycles. The highest BCUT2D eigenvalue weighted by molar-refractivity contribution is 7.82. The Bertz CT molecular complexity index is 890. The molecule has 4 rings (SSSR count). The van der Waals surface area contributed by atoms with E-state index in [1.54, 1.807) is 17.0 Å². The summed E-state index contributed by atoms with van der Waals surface area (Å²) in [7, 11) is 0.287. The van der Waals surface area contributed by atoms with Gasteiger partial charge in [0.05, 0.1) is 17.9 Å². The zero-order valence-electron chi connectivity index (χ0n) is 21.3. The molecule has 11 heteroatoms. The minimum Gasteiger partial charge on any atom is -0.369 e. The Morgan fingerprint density at radius 1 is 1.00 bits per heavy atom. The maximum Gasteiger partial charge on any atom is 0.441 e. The van der Waals surface area contributed by atoms with Crippen LogP contribution in [0, 0.1) is 5.92 Å². The summed E-state index contributed by atoms with van der Waals surface area (Å²) in [5.74, 6) is -0.286. The summed E-state index contributed by atoms with van der Waals surface area (Å²) in [5.41, 5.74) is 5.41. The van der Waals surface area contributed by atoms with Crippen molar-refractivity contribution in [3.63, 3.8) is 0 Å². The molecule has 3 saturated heterocycles. The van der Waals surface area contributed by atoms with Gasteiger partial charge in [-0.2, -0.15) is 4.89 Å². The molecule has 3 aliphatic rings. The second-order valence-electron chi connectivity index (χ2n) is 9.68. The molecule has 1 aromatic rings.